The number of aromatic amines is 1. The van der Waals surface area contributed by atoms with E-state index in [1.807, 2.05) is 18.2 Å². The molecule has 2 nitrogen and oxygen atoms in total. The summed E-state index contributed by atoms with van der Waals surface area (Å²) in [7, 11) is 0. The van der Waals surface area contributed by atoms with Crippen LogP contribution in [0, 0.1) is 18.5 Å². The molecule has 2 aromatic rings. The van der Waals surface area contributed by atoms with Gasteiger partial charge in [0.15, 0.2) is 0 Å². The lowest BCUT2D eigenvalue weighted by Crippen LogP contribution is -1.72. The number of hydrogen-bond donors (Lipinski definition) is 1. The molecule has 0 bridgehead atoms. The maximum Gasteiger partial charge on any atom is 0.121 e. The minimum atomic E-state index is 0.857. The summed E-state index contributed by atoms with van der Waals surface area (Å²) in [6.45, 7) is 0. The quantitative estimate of drug-likeness (QED) is 0.551. The number of terminal acetylenes is 1. The van der Waals surface area contributed by atoms with Gasteiger partial charge in [-0.25, -0.2) is 0 Å². The van der Waals surface area contributed by atoms with Crippen LogP contribution < -0.4 is 0 Å². The zero-order valence-electron chi connectivity index (χ0n) is 5.76. The Bertz CT molecular complexity index is 420. The Balaban J connectivity index is 2.79. The summed E-state index contributed by atoms with van der Waals surface area (Å²) < 4.78 is 0. The van der Waals surface area contributed by atoms with Gasteiger partial charge in [0, 0.05) is 10.9 Å². The van der Waals surface area contributed by atoms with Crippen LogP contribution in [0.25, 0.3) is 10.9 Å². The molecule has 2 rings (SSSR count). The summed E-state index contributed by atoms with van der Waals surface area (Å²) in [4.78, 5) is 0. The van der Waals surface area contributed by atoms with E-state index in [4.69, 9.17) is 6.42 Å². The van der Waals surface area contributed by atoms with E-state index in [1.165, 1.54) is 0 Å². The second kappa shape index (κ2) is 2.14. The Hall–Kier alpha value is -1.75. The highest BCUT2D eigenvalue weighted by Crippen LogP contribution is 2.10. The van der Waals surface area contributed by atoms with Gasteiger partial charge in [0.1, 0.15) is 6.20 Å². The summed E-state index contributed by atoms with van der Waals surface area (Å²) in [6.07, 6.45) is 8.01. The first-order chi connectivity index (χ1) is 5.40. The number of aromatic nitrogens is 2. The van der Waals surface area contributed by atoms with E-state index in [0.29, 0.717) is 0 Å². The maximum atomic E-state index is 5.22. The molecule has 1 aromatic heterocycles. The third kappa shape index (κ3) is 0.870. The molecular formula is C9H5N2. The Labute approximate surface area is 64.2 Å². The number of nitrogens with one attached hydrogen (secondary N) is 1. The second-order valence-electron chi connectivity index (χ2n) is 2.24. The van der Waals surface area contributed by atoms with Gasteiger partial charge in [-0.2, -0.15) is 5.10 Å². The third-order valence-corrected chi connectivity index (χ3v) is 1.54. The van der Waals surface area contributed by atoms with Gasteiger partial charge >= 0.3 is 0 Å². The first-order valence-corrected chi connectivity index (χ1v) is 3.22. The molecule has 1 radical (unpaired) electrons. The number of rotatable bonds is 0. The molecule has 1 aromatic carbocycles. The van der Waals surface area contributed by atoms with Crippen LogP contribution in [0.4, 0.5) is 0 Å². The Morgan fingerprint density at radius 2 is 2.45 bits per heavy atom. The van der Waals surface area contributed by atoms with Gasteiger partial charge in [-0.1, -0.05) is 5.92 Å². The van der Waals surface area contributed by atoms with Crippen LogP contribution in [-0.4, -0.2) is 10.2 Å². The Morgan fingerprint density at radius 3 is 3.27 bits per heavy atom. The lowest BCUT2D eigenvalue weighted by molar-refractivity contribution is 1.11. The van der Waals surface area contributed by atoms with Crippen LogP contribution >= 0.6 is 0 Å². The van der Waals surface area contributed by atoms with Crippen LogP contribution in [-0.2, 0) is 0 Å². The van der Waals surface area contributed by atoms with Gasteiger partial charge in [-0.05, 0) is 18.2 Å². The zero-order valence-corrected chi connectivity index (χ0v) is 5.76. The monoisotopic (exact) mass is 141 g/mol. The van der Waals surface area contributed by atoms with Crippen molar-refractivity contribution in [3.8, 4) is 12.3 Å². The van der Waals surface area contributed by atoms with E-state index in [0.717, 1.165) is 16.5 Å². The first-order valence-electron chi connectivity index (χ1n) is 3.22. The molecule has 11 heavy (non-hydrogen) atoms. The summed E-state index contributed by atoms with van der Waals surface area (Å²) in [5.41, 5.74) is 1.82. The van der Waals surface area contributed by atoms with Crippen LogP contribution in [0.1, 0.15) is 5.56 Å². The number of hydrogen-bond acceptors (Lipinski definition) is 1. The van der Waals surface area contributed by atoms with Crippen LogP contribution in [0.15, 0.2) is 18.2 Å². The summed E-state index contributed by atoms with van der Waals surface area (Å²) >= 11 is 0. The van der Waals surface area contributed by atoms with Crippen molar-refractivity contribution >= 4 is 10.9 Å². The maximum absolute atomic E-state index is 5.22. The molecule has 0 fully saturated rings. The van der Waals surface area contributed by atoms with E-state index in [-0.39, 0.29) is 0 Å². The number of H-pyrrole nitrogens is 1. The highest BCUT2D eigenvalue weighted by Gasteiger charge is 1.94. The molecule has 1 N–H and O–H groups in total. The second-order valence-corrected chi connectivity index (χ2v) is 2.24. The fourth-order valence-electron chi connectivity index (χ4n) is 0.972. The predicted octanol–water partition coefficient (Wildman–Crippen LogP) is 1.34. The van der Waals surface area contributed by atoms with Crippen molar-refractivity contribution in [3.05, 3.63) is 30.0 Å². The molecule has 1 heterocycles. The lowest BCUT2D eigenvalue weighted by atomic mass is 10.2. The highest BCUT2D eigenvalue weighted by atomic mass is 15.1. The average Bonchev–Trinajstić information content (AvgIpc) is 2.50. The van der Waals surface area contributed by atoms with Crippen LogP contribution in [0.3, 0.4) is 0 Å². The average molecular weight is 141 g/mol. The molecule has 0 aliphatic carbocycles. The third-order valence-electron chi connectivity index (χ3n) is 1.54. The molecule has 0 amide bonds. The van der Waals surface area contributed by atoms with Gasteiger partial charge in [0.25, 0.3) is 0 Å². The van der Waals surface area contributed by atoms with E-state index < -0.39 is 0 Å². The first kappa shape index (κ1) is 5.99. The molecule has 2 heteroatoms. The van der Waals surface area contributed by atoms with E-state index in [9.17, 15) is 0 Å². The molecule has 0 aliphatic rings. The fraction of sp³-hybridized carbons (Fsp3) is 0. The highest BCUT2D eigenvalue weighted by molar-refractivity contribution is 5.78. The summed E-state index contributed by atoms with van der Waals surface area (Å²) in [5.74, 6) is 2.55. The van der Waals surface area contributed by atoms with Crippen molar-refractivity contribution < 1.29 is 0 Å². The Morgan fingerprint density at radius 1 is 1.55 bits per heavy atom. The topological polar surface area (TPSA) is 28.7 Å². The Kier molecular flexibility index (Phi) is 1.16. The minimum absolute atomic E-state index is 0.857. The van der Waals surface area contributed by atoms with Crippen molar-refractivity contribution in [2.75, 3.05) is 0 Å². The molecule has 0 atom stereocenters. The number of nitrogens with zero attached hydrogens (tertiary/aromatic N) is 1. The molecule has 0 aliphatic heterocycles. The lowest BCUT2D eigenvalue weighted by Gasteiger charge is -1.88. The van der Waals surface area contributed by atoms with Crippen molar-refractivity contribution in [1.29, 1.82) is 0 Å². The molecule has 0 spiro atoms. The minimum Gasteiger partial charge on any atom is -0.277 e. The number of benzene rings is 1. The van der Waals surface area contributed by atoms with Gasteiger partial charge in [-0.15, -0.1) is 6.42 Å². The van der Waals surface area contributed by atoms with Gasteiger partial charge < -0.3 is 0 Å². The zero-order chi connectivity index (χ0) is 7.68. The van der Waals surface area contributed by atoms with Gasteiger partial charge in [-0.3, -0.25) is 5.10 Å². The summed E-state index contributed by atoms with van der Waals surface area (Å²) in [6, 6.07) is 5.64. The van der Waals surface area contributed by atoms with Crippen LogP contribution in [0.2, 0.25) is 0 Å². The fourth-order valence-corrected chi connectivity index (χ4v) is 0.972. The summed E-state index contributed by atoms with van der Waals surface area (Å²) in [5, 5.41) is 7.49. The standard InChI is InChI=1S/C9H5N2/c1-2-7-3-4-9-8(5-7)6-10-11-9/h1,3-5H,(H,10,11). The van der Waals surface area contributed by atoms with Crippen LogP contribution in [0.5, 0.6) is 0 Å². The number of fused-ring (bicyclic) bond motifs is 1. The largest absolute Gasteiger partial charge is 0.277 e. The van der Waals surface area contributed by atoms with Gasteiger partial charge in [0.2, 0.25) is 0 Å². The van der Waals surface area contributed by atoms with Crippen molar-refractivity contribution in [2.45, 2.75) is 0 Å². The van der Waals surface area contributed by atoms with Crippen molar-refractivity contribution in [1.82, 2.24) is 10.2 Å². The smallest absolute Gasteiger partial charge is 0.121 e. The van der Waals surface area contributed by atoms with E-state index in [1.54, 1.807) is 0 Å². The normalized spacial score (nSPS) is 9.73. The molecule has 51 valence electrons. The molecular weight excluding hydrogens is 136 g/mol. The molecule has 0 saturated heterocycles. The molecule has 0 unspecified atom stereocenters. The van der Waals surface area contributed by atoms with Gasteiger partial charge in [0.05, 0.1) is 5.52 Å². The van der Waals surface area contributed by atoms with Crippen molar-refractivity contribution in [2.24, 2.45) is 0 Å². The van der Waals surface area contributed by atoms with E-state index >= 15 is 0 Å². The van der Waals surface area contributed by atoms with E-state index in [2.05, 4.69) is 22.3 Å². The molecule has 0 saturated carbocycles. The predicted molar refractivity (Wildman–Crippen MR) is 42.9 cm³/mol. The van der Waals surface area contributed by atoms with Crippen molar-refractivity contribution in [3.63, 3.8) is 0 Å². The SMILES string of the molecule is C#Cc1ccc2[nH]n[c]c2c1.